The number of ether oxygens (including phenoxy) is 1. The summed E-state index contributed by atoms with van der Waals surface area (Å²) in [6.45, 7) is 4.39. The van der Waals surface area contributed by atoms with Crippen molar-refractivity contribution in [3.63, 3.8) is 0 Å². The zero-order valence-corrected chi connectivity index (χ0v) is 11.7. The Kier molecular flexibility index (Phi) is 3.70. The number of aromatic nitrogens is 1. The quantitative estimate of drug-likeness (QED) is 0.891. The lowest BCUT2D eigenvalue weighted by molar-refractivity contribution is 0.0268. The third-order valence-electron chi connectivity index (χ3n) is 3.76. The van der Waals surface area contributed by atoms with Crippen LogP contribution in [0.5, 0.6) is 0 Å². The van der Waals surface area contributed by atoms with E-state index in [1.54, 1.807) is 0 Å². The molecule has 0 saturated carbocycles. The standard InChI is InChI=1S/C16H20N2O2/c1-12-2-4-14-8-13(3-5-15(14)18-12)9-17-10-16(19)6-7-20-11-16/h2-5,8,17,19H,6-7,9-11H2,1H3. The van der Waals surface area contributed by atoms with Gasteiger partial charge >= 0.3 is 0 Å². The number of aryl methyl sites for hydroxylation is 1. The van der Waals surface area contributed by atoms with Crippen LogP contribution in [-0.2, 0) is 11.3 Å². The van der Waals surface area contributed by atoms with Crippen molar-refractivity contribution in [3.05, 3.63) is 41.6 Å². The third-order valence-corrected chi connectivity index (χ3v) is 3.76. The van der Waals surface area contributed by atoms with Crippen LogP contribution in [0.3, 0.4) is 0 Å². The molecular weight excluding hydrogens is 252 g/mol. The van der Waals surface area contributed by atoms with Crippen LogP contribution in [0.2, 0.25) is 0 Å². The summed E-state index contributed by atoms with van der Waals surface area (Å²) in [7, 11) is 0. The number of fused-ring (bicyclic) bond motifs is 1. The highest BCUT2D eigenvalue weighted by Gasteiger charge is 2.31. The van der Waals surface area contributed by atoms with Crippen LogP contribution in [0.25, 0.3) is 10.9 Å². The molecule has 20 heavy (non-hydrogen) atoms. The topological polar surface area (TPSA) is 54.4 Å². The van der Waals surface area contributed by atoms with Crippen LogP contribution in [0.4, 0.5) is 0 Å². The molecule has 2 aromatic rings. The van der Waals surface area contributed by atoms with Crippen LogP contribution in [0, 0.1) is 6.92 Å². The van der Waals surface area contributed by atoms with Crippen LogP contribution in [0.1, 0.15) is 17.7 Å². The van der Waals surface area contributed by atoms with Crippen LogP contribution in [0.15, 0.2) is 30.3 Å². The summed E-state index contributed by atoms with van der Waals surface area (Å²) in [6, 6.07) is 10.4. The molecule has 2 N–H and O–H groups in total. The Hall–Kier alpha value is -1.49. The second-order valence-electron chi connectivity index (χ2n) is 5.61. The fourth-order valence-corrected chi connectivity index (χ4v) is 2.56. The summed E-state index contributed by atoms with van der Waals surface area (Å²) < 4.78 is 5.23. The van der Waals surface area contributed by atoms with Gasteiger partial charge in [0.05, 0.1) is 12.1 Å². The van der Waals surface area contributed by atoms with Crippen LogP contribution in [-0.4, -0.2) is 35.5 Å². The highest BCUT2D eigenvalue weighted by Crippen LogP contribution is 2.18. The molecule has 1 aromatic heterocycles. The Morgan fingerprint density at radius 3 is 3.05 bits per heavy atom. The monoisotopic (exact) mass is 272 g/mol. The van der Waals surface area contributed by atoms with E-state index in [-0.39, 0.29) is 0 Å². The molecule has 2 heterocycles. The van der Waals surface area contributed by atoms with Crippen molar-refractivity contribution in [1.29, 1.82) is 0 Å². The van der Waals surface area contributed by atoms with Crippen molar-refractivity contribution in [2.75, 3.05) is 19.8 Å². The lowest BCUT2D eigenvalue weighted by Gasteiger charge is -2.20. The Morgan fingerprint density at radius 1 is 1.35 bits per heavy atom. The minimum Gasteiger partial charge on any atom is -0.386 e. The van der Waals surface area contributed by atoms with Gasteiger partial charge in [-0.05, 0) is 30.7 Å². The summed E-state index contributed by atoms with van der Waals surface area (Å²) in [6.07, 6.45) is 0.709. The first kappa shape index (κ1) is 13.5. The summed E-state index contributed by atoms with van der Waals surface area (Å²) in [5, 5.41) is 14.6. The number of nitrogens with one attached hydrogen (secondary N) is 1. The minimum atomic E-state index is -0.699. The first-order valence-corrected chi connectivity index (χ1v) is 7.02. The van der Waals surface area contributed by atoms with Gasteiger partial charge in [-0.1, -0.05) is 12.1 Å². The number of hydrogen-bond donors (Lipinski definition) is 2. The lowest BCUT2D eigenvalue weighted by Crippen LogP contribution is -2.40. The van der Waals surface area contributed by atoms with E-state index >= 15 is 0 Å². The first-order valence-electron chi connectivity index (χ1n) is 7.02. The molecule has 1 unspecified atom stereocenters. The van der Waals surface area contributed by atoms with Gasteiger partial charge in [0.25, 0.3) is 0 Å². The minimum absolute atomic E-state index is 0.431. The van der Waals surface area contributed by atoms with Crippen molar-refractivity contribution in [2.45, 2.75) is 25.5 Å². The van der Waals surface area contributed by atoms with Gasteiger partial charge in [0, 0.05) is 37.2 Å². The number of rotatable bonds is 4. The lowest BCUT2D eigenvalue weighted by atomic mass is 10.0. The third kappa shape index (κ3) is 2.98. The highest BCUT2D eigenvalue weighted by atomic mass is 16.5. The van der Waals surface area contributed by atoms with E-state index in [9.17, 15) is 5.11 Å². The molecule has 4 nitrogen and oxygen atoms in total. The molecule has 106 valence electrons. The Bertz CT molecular complexity index is 606. The van der Waals surface area contributed by atoms with Crippen LogP contribution >= 0.6 is 0 Å². The van der Waals surface area contributed by atoms with Gasteiger partial charge in [0.15, 0.2) is 0 Å². The van der Waals surface area contributed by atoms with Gasteiger partial charge in [-0.15, -0.1) is 0 Å². The molecule has 0 amide bonds. The average Bonchev–Trinajstić information content (AvgIpc) is 2.86. The number of benzene rings is 1. The molecule has 1 atom stereocenters. The number of nitrogens with zero attached hydrogens (tertiary/aromatic N) is 1. The molecule has 1 aromatic carbocycles. The predicted molar refractivity (Wildman–Crippen MR) is 78.6 cm³/mol. The van der Waals surface area contributed by atoms with Gasteiger partial charge in [-0.3, -0.25) is 4.98 Å². The molecule has 1 aliphatic rings. The molecule has 1 saturated heterocycles. The van der Waals surface area contributed by atoms with E-state index in [1.165, 1.54) is 5.56 Å². The summed E-state index contributed by atoms with van der Waals surface area (Å²) in [5.74, 6) is 0. The largest absolute Gasteiger partial charge is 0.386 e. The van der Waals surface area contributed by atoms with E-state index in [0.717, 1.165) is 23.1 Å². The van der Waals surface area contributed by atoms with E-state index in [2.05, 4.69) is 28.5 Å². The predicted octanol–water partition coefficient (Wildman–Crippen LogP) is 1.78. The zero-order chi connectivity index (χ0) is 14.0. The van der Waals surface area contributed by atoms with E-state index in [1.807, 2.05) is 19.1 Å². The van der Waals surface area contributed by atoms with Gasteiger partial charge in [0.2, 0.25) is 0 Å². The van der Waals surface area contributed by atoms with E-state index in [0.29, 0.717) is 26.2 Å². The molecular formula is C16H20N2O2. The average molecular weight is 272 g/mol. The molecule has 1 aliphatic heterocycles. The molecule has 0 spiro atoms. The highest BCUT2D eigenvalue weighted by molar-refractivity contribution is 5.79. The van der Waals surface area contributed by atoms with Gasteiger partial charge in [0.1, 0.15) is 5.60 Å². The molecule has 1 fully saturated rings. The molecule has 0 bridgehead atoms. The molecule has 4 heteroatoms. The van der Waals surface area contributed by atoms with E-state index < -0.39 is 5.60 Å². The zero-order valence-electron chi connectivity index (χ0n) is 11.7. The Morgan fingerprint density at radius 2 is 2.25 bits per heavy atom. The maximum atomic E-state index is 10.2. The van der Waals surface area contributed by atoms with Crippen LogP contribution < -0.4 is 5.32 Å². The number of hydrogen-bond acceptors (Lipinski definition) is 4. The summed E-state index contributed by atoms with van der Waals surface area (Å²) in [5.41, 5.74) is 2.56. The second kappa shape index (κ2) is 5.48. The smallest absolute Gasteiger partial charge is 0.102 e. The molecule has 0 aliphatic carbocycles. The maximum Gasteiger partial charge on any atom is 0.102 e. The first-order chi connectivity index (χ1) is 9.65. The SMILES string of the molecule is Cc1ccc2cc(CNCC3(O)CCOC3)ccc2n1. The molecule has 0 radical (unpaired) electrons. The Balaban J connectivity index is 1.64. The van der Waals surface area contributed by atoms with Crippen molar-refractivity contribution in [1.82, 2.24) is 10.3 Å². The number of aliphatic hydroxyl groups is 1. The maximum absolute atomic E-state index is 10.2. The fourth-order valence-electron chi connectivity index (χ4n) is 2.56. The van der Waals surface area contributed by atoms with Crippen molar-refractivity contribution < 1.29 is 9.84 Å². The van der Waals surface area contributed by atoms with E-state index in [4.69, 9.17) is 4.74 Å². The fraction of sp³-hybridized carbons (Fsp3) is 0.438. The summed E-state index contributed by atoms with van der Waals surface area (Å²) in [4.78, 5) is 4.49. The van der Waals surface area contributed by atoms with Crippen molar-refractivity contribution in [2.24, 2.45) is 0 Å². The van der Waals surface area contributed by atoms with Gasteiger partial charge in [-0.25, -0.2) is 0 Å². The second-order valence-corrected chi connectivity index (χ2v) is 5.61. The van der Waals surface area contributed by atoms with Crippen molar-refractivity contribution >= 4 is 10.9 Å². The van der Waals surface area contributed by atoms with Gasteiger partial charge in [-0.2, -0.15) is 0 Å². The normalized spacial score (nSPS) is 22.5. The Labute approximate surface area is 118 Å². The molecule has 3 rings (SSSR count). The van der Waals surface area contributed by atoms with Gasteiger partial charge < -0.3 is 15.2 Å². The summed E-state index contributed by atoms with van der Waals surface area (Å²) >= 11 is 0. The van der Waals surface area contributed by atoms with Crippen molar-refractivity contribution in [3.8, 4) is 0 Å². The number of pyridine rings is 1.